The van der Waals surface area contributed by atoms with Crippen LogP contribution in [-0.2, 0) is 32.7 Å². The summed E-state index contributed by atoms with van der Waals surface area (Å²) in [5, 5.41) is 90.2. The molecular formula is C51H87O16P. The Balaban J connectivity index is 2.05. The lowest BCUT2D eigenvalue weighted by Gasteiger charge is -2.37. The van der Waals surface area contributed by atoms with E-state index in [1.807, 2.05) is 6.92 Å². The molecule has 1 saturated carbocycles. The van der Waals surface area contributed by atoms with Crippen molar-refractivity contribution < 1.29 is 78.4 Å². The van der Waals surface area contributed by atoms with Crippen LogP contribution in [0.3, 0.4) is 0 Å². The van der Waals surface area contributed by atoms with Gasteiger partial charge in [-0.3, -0.25) is 18.6 Å². The number of aliphatic hydroxyl groups is 8. The Bertz CT molecular complexity index is 1550. The summed E-state index contributed by atoms with van der Waals surface area (Å²) in [5.41, 5.74) is 0. The molecule has 2 rings (SSSR count). The molecular weight excluding hydrogens is 900 g/mol. The summed E-state index contributed by atoms with van der Waals surface area (Å²) in [5.74, 6) is -3.89. The predicted octanol–water partition coefficient (Wildman–Crippen LogP) is 6.88. The molecule has 9 N–H and O–H groups in total. The van der Waals surface area contributed by atoms with Gasteiger partial charge in [0.1, 0.15) is 31.0 Å². The molecule has 0 spiro atoms. The summed E-state index contributed by atoms with van der Waals surface area (Å²) in [6.45, 7) is 2.74. The van der Waals surface area contributed by atoms with Gasteiger partial charge in [-0.1, -0.05) is 139 Å². The summed E-state index contributed by atoms with van der Waals surface area (Å²) in [7, 11) is -5.43. The number of esters is 2. The smallest absolute Gasteiger partial charge is 0.462 e. The molecule has 2 aliphatic rings. The molecule has 1 aliphatic carbocycles. The van der Waals surface area contributed by atoms with Crippen molar-refractivity contribution in [2.75, 3.05) is 13.2 Å². The highest BCUT2D eigenvalue weighted by Crippen LogP contribution is 2.47. The van der Waals surface area contributed by atoms with E-state index in [-0.39, 0.29) is 19.3 Å². The fourth-order valence-corrected chi connectivity index (χ4v) is 9.29. The average molecular weight is 987 g/mol. The highest BCUT2D eigenvalue weighted by molar-refractivity contribution is 7.47. The third-order valence-electron chi connectivity index (χ3n) is 12.4. The molecule has 1 saturated heterocycles. The number of fused-ring (bicyclic) bond motifs is 4. The highest BCUT2D eigenvalue weighted by atomic mass is 31.2. The largest absolute Gasteiger partial charge is 0.472 e. The van der Waals surface area contributed by atoms with E-state index < -0.39 is 112 Å². The van der Waals surface area contributed by atoms with Crippen LogP contribution in [0.4, 0.5) is 0 Å². The average Bonchev–Trinajstić information content (AvgIpc) is 3.31. The van der Waals surface area contributed by atoms with Crippen molar-refractivity contribution in [1.29, 1.82) is 0 Å². The first kappa shape index (κ1) is 61.5. The van der Waals surface area contributed by atoms with Gasteiger partial charge in [-0.15, -0.1) is 0 Å². The molecule has 13 atom stereocenters. The number of phosphoric acid groups is 1. The molecule has 0 radical (unpaired) electrons. The summed E-state index contributed by atoms with van der Waals surface area (Å²) < 4.78 is 34.8. The quantitative estimate of drug-likeness (QED) is 0.0206. The summed E-state index contributed by atoms with van der Waals surface area (Å²) >= 11 is 0. The number of aliphatic hydroxyl groups excluding tert-OH is 8. The van der Waals surface area contributed by atoms with Gasteiger partial charge in [0.2, 0.25) is 0 Å². The minimum absolute atomic E-state index is 0.0543. The molecule has 392 valence electrons. The highest BCUT2D eigenvalue weighted by Gasteiger charge is 2.49. The fraction of sp³-hybridized carbons (Fsp3) is 0.765. The normalized spacial score (nSPS) is 31.7. The van der Waals surface area contributed by atoms with Crippen molar-refractivity contribution in [3.63, 3.8) is 0 Å². The minimum Gasteiger partial charge on any atom is -0.462 e. The van der Waals surface area contributed by atoms with Crippen molar-refractivity contribution in [1.82, 2.24) is 0 Å². The van der Waals surface area contributed by atoms with Crippen LogP contribution in [-0.4, -0.2) is 132 Å². The molecule has 0 amide bonds. The predicted molar refractivity (Wildman–Crippen MR) is 260 cm³/mol. The molecule has 0 aromatic carbocycles. The number of hydrogen-bond acceptors (Lipinski definition) is 15. The van der Waals surface area contributed by atoms with Crippen molar-refractivity contribution in [2.45, 2.75) is 223 Å². The number of hydrogen-bond donors (Lipinski definition) is 9. The van der Waals surface area contributed by atoms with Gasteiger partial charge in [0, 0.05) is 31.1 Å². The van der Waals surface area contributed by atoms with E-state index in [9.17, 15) is 59.9 Å². The Labute approximate surface area is 405 Å². The second-order valence-electron chi connectivity index (χ2n) is 18.3. The first-order valence-corrected chi connectivity index (χ1v) is 26.8. The first-order valence-electron chi connectivity index (χ1n) is 25.3. The maximum atomic E-state index is 13.5. The van der Waals surface area contributed by atoms with Gasteiger partial charge in [-0.2, -0.15) is 0 Å². The molecule has 2 bridgehead atoms. The zero-order valence-electron chi connectivity index (χ0n) is 40.7. The topological polar surface area (TPSA) is 270 Å². The van der Waals surface area contributed by atoms with Gasteiger partial charge in [0.15, 0.2) is 6.10 Å². The zero-order chi connectivity index (χ0) is 50.2. The van der Waals surface area contributed by atoms with E-state index in [0.717, 1.165) is 77.0 Å². The molecule has 0 aromatic heterocycles. The Hall–Kier alpha value is -2.57. The second kappa shape index (κ2) is 36.4. The van der Waals surface area contributed by atoms with Crippen LogP contribution in [0.25, 0.3) is 0 Å². The lowest BCUT2D eigenvalue weighted by molar-refractivity contribution is -0.167. The molecule has 1 unspecified atom stereocenters. The van der Waals surface area contributed by atoms with Crippen molar-refractivity contribution in [3.05, 3.63) is 60.8 Å². The van der Waals surface area contributed by atoms with Crippen molar-refractivity contribution in [2.24, 2.45) is 11.8 Å². The summed E-state index contributed by atoms with van der Waals surface area (Å²) in [6, 6.07) is 0. The summed E-state index contributed by atoms with van der Waals surface area (Å²) in [6.07, 6.45) is 15.8. The summed E-state index contributed by atoms with van der Waals surface area (Å²) in [4.78, 5) is 36.5. The Morgan fingerprint density at radius 2 is 1.35 bits per heavy atom. The number of allylic oxidation sites excluding steroid dienone is 8. The van der Waals surface area contributed by atoms with Gasteiger partial charge in [-0.25, -0.2) is 4.57 Å². The molecule has 17 heteroatoms. The number of rotatable bonds is 24. The Morgan fingerprint density at radius 3 is 2.03 bits per heavy atom. The van der Waals surface area contributed by atoms with E-state index in [1.54, 1.807) is 0 Å². The van der Waals surface area contributed by atoms with Crippen LogP contribution < -0.4 is 0 Å². The minimum atomic E-state index is -5.43. The second-order valence-corrected chi connectivity index (χ2v) is 19.7. The van der Waals surface area contributed by atoms with E-state index in [2.05, 4.69) is 55.5 Å². The Kier molecular flexibility index (Phi) is 32.9. The van der Waals surface area contributed by atoms with Gasteiger partial charge in [0.05, 0.1) is 37.1 Å². The van der Waals surface area contributed by atoms with Crippen LogP contribution in [0.5, 0.6) is 0 Å². The standard InChI is InChI=1S/C51H87O16P/c1-3-5-7-8-9-10-11-12-13-14-15-16-17-18-19-20-21-22-27-31-44(55)64-36-39-37-65-68(62,63)67-51-49(60)47(58)41(34-33-38(52)29-25-6-4-2)43(54)35-42(53)40(46(57)48(59)50(51)61)30-26-23-24-28-32-45(56)66-39/h5,7,9-10,12-13,15-16,33-34,38-43,46-54,57-61H,3-4,6,8,11,14,17-32,35-37H2,1-2H3,(H,62,63)/b7-5-,10-9-,13-12-,16-15-,34-33+/t38-,39+,40-,41-,42-,43+,46+,47+,48-,49+,50+,51+/m0/s1. The maximum absolute atomic E-state index is 13.5. The number of carbonyl (C=O) groups is 2. The number of phosphoric ester groups is 1. The Morgan fingerprint density at radius 1 is 0.735 bits per heavy atom. The van der Waals surface area contributed by atoms with Crippen molar-refractivity contribution >= 4 is 19.8 Å². The molecule has 68 heavy (non-hydrogen) atoms. The molecule has 2 fully saturated rings. The lowest BCUT2D eigenvalue weighted by Crippen LogP contribution is -2.55. The first-order chi connectivity index (χ1) is 32.6. The lowest BCUT2D eigenvalue weighted by atomic mass is 9.82. The van der Waals surface area contributed by atoms with Crippen molar-refractivity contribution in [3.8, 4) is 0 Å². The van der Waals surface area contributed by atoms with Gasteiger partial charge >= 0.3 is 19.8 Å². The van der Waals surface area contributed by atoms with Crippen LogP contribution in [0.1, 0.15) is 162 Å². The van der Waals surface area contributed by atoms with E-state index in [0.29, 0.717) is 44.9 Å². The molecule has 1 heterocycles. The van der Waals surface area contributed by atoms with E-state index >= 15 is 0 Å². The monoisotopic (exact) mass is 987 g/mol. The number of carbonyl (C=O) groups excluding carboxylic acids is 2. The third kappa shape index (κ3) is 26.0. The van der Waals surface area contributed by atoms with Gasteiger partial charge in [0.25, 0.3) is 0 Å². The van der Waals surface area contributed by atoms with E-state index in [1.165, 1.54) is 12.2 Å². The van der Waals surface area contributed by atoms with Gasteiger partial charge in [-0.05, 0) is 64.2 Å². The number of cyclic esters (lactones) is 1. The number of unbranched alkanes of at least 4 members (excludes halogenated alkanes) is 8. The number of ether oxygens (including phenoxy) is 2. The van der Waals surface area contributed by atoms with E-state index in [4.69, 9.17) is 18.5 Å². The van der Waals surface area contributed by atoms with Gasteiger partial charge < -0.3 is 55.2 Å². The van der Waals surface area contributed by atoms with Crippen LogP contribution in [0, 0.1) is 11.8 Å². The van der Waals surface area contributed by atoms with Crippen LogP contribution in [0.2, 0.25) is 0 Å². The molecule has 16 nitrogen and oxygen atoms in total. The maximum Gasteiger partial charge on any atom is 0.472 e. The third-order valence-corrected chi connectivity index (χ3v) is 13.4. The van der Waals surface area contributed by atoms with Crippen LogP contribution in [0.15, 0.2) is 60.8 Å². The SMILES string of the molecule is CC/C=C\C/C=C\C/C=C\C/C=C\CCCCCCCCC(=O)OC[C@@H]1COP(=O)(O)O[C@H]2[C@H](O)[C@@H](O)[C@H](O)[C@@H](CCCCCCC(=O)O1)[C@@H](O)C[C@@H](O)[C@H](/C=C/[C@@H](O)CCCCC)[C@@H](O)[C@H]2O. The molecule has 1 aliphatic heterocycles. The molecule has 0 aromatic rings. The fourth-order valence-electron chi connectivity index (χ4n) is 8.31. The zero-order valence-corrected chi connectivity index (χ0v) is 41.6. The van der Waals surface area contributed by atoms with Crippen LogP contribution >= 0.6 is 7.82 Å².